The van der Waals surface area contributed by atoms with Crippen molar-refractivity contribution >= 4 is 29.2 Å². The highest BCUT2D eigenvalue weighted by atomic mass is 19.4. The molecule has 0 aliphatic heterocycles. The molecule has 0 aliphatic rings. The van der Waals surface area contributed by atoms with Gasteiger partial charge in [0.1, 0.15) is 40.1 Å². The molecule has 14 heteroatoms. The van der Waals surface area contributed by atoms with E-state index in [2.05, 4.69) is 5.32 Å². The number of alkyl carbamates (subject to hydrolysis) is 1. The van der Waals surface area contributed by atoms with Crippen LogP contribution in [-0.4, -0.2) is 35.5 Å². The molecule has 1 aromatic heterocycles. The number of para-hydroxylation sites is 1. The van der Waals surface area contributed by atoms with E-state index in [1.54, 1.807) is 47.6 Å². The average Bonchev–Trinajstić information content (AvgIpc) is 2.97. The fourth-order valence-corrected chi connectivity index (χ4v) is 4.23. The number of halogens is 3. The molecular weight excluding hydrogens is 651 g/mol. The SMILES string of the molecule is CC(C)(C)OC(=O)N[C@H](Cc1ccc(OC(=O)OC(C)(C)C)cc1)C(=O)Oc1ccc2c(=O)c(Oc3ccccc3)c(C(F)(F)F)oc2c1. The predicted molar refractivity (Wildman–Crippen MR) is 170 cm³/mol. The van der Waals surface area contributed by atoms with Crippen molar-refractivity contribution < 1.29 is 55.7 Å². The highest BCUT2D eigenvalue weighted by Gasteiger charge is 2.40. The summed E-state index contributed by atoms with van der Waals surface area (Å²) in [6, 6.07) is 15.3. The minimum absolute atomic E-state index is 0.0149. The van der Waals surface area contributed by atoms with Gasteiger partial charge in [0.2, 0.25) is 11.2 Å². The van der Waals surface area contributed by atoms with Gasteiger partial charge in [-0.1, -0.05) is 30.3 Å². The average molecular weight is 686 g/mol. The normalized spacial score (nSPS) is 12.5. The Hall–Kier alpha value is -5.53. The number of alkyl halides is 3. The molecule has 0 spiro atoms. The molecule has 0 fully saturated rings. The van der Waals surface area contributed by atoms with Gasteiger partial charge in [-0.3, -0.25) is 4.79 Å². The first kappa shape index (κ1) is 36.3. The van der Waals surface area contributed by atoms with E-state index in [4.69, 9.17) is 28.1 Å². The summed E-state index contributed by atoms with van der Waals surface area (Å²) >= 11 is 0. The summed E-state index contributed by atoms with van der Waals surface area (Å²) in [5.74, 6) is -3.88. The van der Waals surface area contributed by atoms with Crippen LogP contribution in [0.3, 0.4) is 0 Å². The lowest BCUT2D eigenvalue weighted by Crippen LogP contribution is -2.46. The molecule has 3 aromatic carbocycles. The zero-order chi connectivity index (χ0) is 36.1. The molecule has 0 aliphatic carbocycles. The third kappa shape index (κ3) is 10.5. The van der Waals surface area contributed by atoms with Crippen molar-refractivity contribution in [2.75, 3.05) is 0 Å². The zero-order valence-electron chi connectivity index (χ0n) is 27.4. The molecule has 4 aromatic rings. The summed E-state index contributed by atoms with van der Waals surface area (Å²) in [6.45, 7) is 9.91. The van der Waals surface area contributed by atoms with Crippen LogP contribution in [0.25, 0.3) is 11.0 Å². The molecule has 1 atom stereocenters. The Bertz CT molecular complexity index is 1870. The number of carbonyl (C=O) groups is 3. The van der Waals surface area contributed by atoms with E-state index >= 15 is 0 Å². The van der Waals surface area contributed by atoms with Gasteiger partial charge in [0.05, 0.1) is 5.39 Å². The van der Waals surface area contributed by atoms with Crippen LogP contribution in [-0.2, 0) is 26.9 Å². The van der Waals surface area contributed by atoms with Crippen LogP contribution in [0.5, 0.6) is 23.0 Å². The number of hydrogen-bond donors (Lipinski definition) is 1. The largest absolute Gasteiger partial charge is 0.514 e. The predicted octanol–water partition coefficient (Wildman–Crippen LogP) is 7.96. The minimum atomic E-state index is -5.11. The Morgan fingerprint density at radius 2 is 1.39 bits per heavy atom. The Labute approximate surface area is 278 Å². The number of carbonyl (C=O) groups excluding carboxylic acids is 3. The van der Waals surface area contributed by atoms with Gasteiger partial charge in [0, 0.05) is 12.5 Å². The van der Waals surface area contributed by atoms with Crippen molar-refractivity contribution in [3.05, 3.63) is 94.3 Å². The molecule has 0 saturated carbocycles. The Morgan fingerprint density at radius 1 is 0.776 bits per heavy atom. The van der Waals surface area contributed by atoms with Gasteiger partial charge >= 0.3 is 24.4 Å². The van der Waals surface area contributed by atoms with E-state index in [9.17, 15) is 32.3 Å². The molecule has 0 radical (unpaired) electrons. The highest BCUT2D eigenvalue weighted by Crippen LogP contribution is 2.38. The van der Waals surface area contributed by atoms with Gasteiger partial charge in [-0.25, -0.2) is 14.4 Å². The number of nitrogens with one attached hydrogen (secondary N) is 1. The first-order chi connectivity index (χ1) is 22.8. The lowest BCUT2D eigenvalue weighted by atomic mass is 10.1. The summed E-state index contributed by atoms with van der Waals surface area (Å²) in [7, 11) is 0. The molecule has 1 amide bonds. The molecule has 260 valence electrons. The maximum absolute atomic E-state index is 14.0. The summed E-state index contributed by atoms with van der Waals surface area (Å²) < 4.78 is 73.3. The van der Waals surface area contributed by atoms with Crippen molar-refractivity contribution in [1.29, 1.82) is 0 Å². The lowest BCUT2D eigenvalue weighted by molar-refractivity contribution is -0.154. The van der Waals surface area contributed by atoms with E-state index in [-0.39, 0.29) is 29.1 Å². The number of rotatable bonds is 8. The van der Waals surface area contributed by atoms with Crippen molar-refractivity contribution in [2.24, 2.45) is 0 Å². The van der Waals surface area contributed by atoms with Crippen molar-refractivity contribution in [1.82, 2.24) is 5.32 Å². The van der Waals surface area contributed by atoms with Gasteiger partial charge in [0.15, 0.2) is 0 Å². The monoisotopic (exact) mass is 685 g/mol. The molecule has 1 N–H and O–H groups in total. The van der Waals surface area contributed by atoms with Crippen molar-refractivity contribution in [3.8, 4) is 23.0 Å². The number of esters is 1. The van der Waals surface area contributed by atoms with E-state index in [0.29, 0.717) is 5.56 Å². The molecule has 0 bridgehead atoms. The fraction of sp³-hybridized carbons (Fsp3) is 0.314. The minimum Gasteiger partial charge on any atom is -0.449 e. The number of ether oxygens (including phenoxy) is 5. The smallest absolute Gasteiger partial charge is 0.449 e. The molecule has 1 heterocycles. The maximum atomic E-state index is 14.0. The quantitative estimate of drug-likeness (QED) is 0.110. The lowest BCUT2D eigenvalue weighted by Gasteiger charge is -2.23. The highest BCUT2D eigenvalue weighted by molar-refractivity contribution is 5.85. The Morgan fingerprint density at radius 3 is 1.98 bits per heavy atom. The van der Waals surface area contributed by atoms with Crippen LogP contribution in [0.15, 0.2) is 82.0 Å². The molecule has 0 saturated heterocycles. The Kier molecular flexibility index (Phi) is 10.6. The molecule has 0 unspecified atom stereocenters. The number of benzene rings is 3. The first-order valence-electron chi connectivity index (χ1n) is 14.9. The molecule has 4 rings (SSSR count). The van der Waals surface area contributed by atoms with Crippen LogP contribution in [0.4, 0.5) is 22.8 Å². The van der Waals surface area contributed by atoms with E-state index in [1.807, 2.05) is 0 Å². The molecule has 11 nitrogen and oxygen atoms in total. The van der Waals surface area contributed by atoms with Crippen LogP contribution >= 0.6 is 0 Å². The topological polar surface area (TPSA) is 140 Å². The number of hydrogen-bond acceptors (Lipinski definition) is 10. The van der Waals surface area contributed by atoms with Gasteiger partial charge in [-0.2, -0.15) is 13.2 Å². The second-order valence-corrected chi connectivity index (χ2v) is 12.7. The maximum Gasteiger partial charge on any atom is 0.514 e. The van der Waals surface area contributed by atoms with Gasteiger partial charge in [0.25, 0.3) is 5.76 Å². The Balaban J connectivity index is 1.60. The second kappa shape index (κ2) is 14.3. The summed E-state index contributed by atoms with van der Waals surface area (Å²) in [6.07, 6.45) is -7.10. The van der Waals surface area contributed by atoms with Crippen LogP contribution in [0.1, 0.15) is 52.9 Å². The van der Waals surface area contributed by atoms with Crippen LogP contribution in [0.2, 0.25) is 0 Å². The van der Waals surface area contributed by atoms with Crippen molar-refractivity contribution in [2.45, 2.75) is 71.4 Å². The van der Waals surface area contributed by atoms with E-state index in [0.717, 1.165) is 12.1 Å². The third-order valence-electron chi connectivity index (χ3n) is 6.19. The number of fused-ring (bicyclic) bond motifs is 1. The fourth-order valence-electron chi connectivity index (χ4n) is 4.23. The summed E-state index contributed by atoms with van der Waals surface area (Å²) in [5.41, 5.74) is -2.80. The van der Waals surface area contributed by atoms with Crippen LogP contribution < -0.4 is 25.0 Å². The molecular formula is C35H34F3NO10. The summed E-state index contributed by atoms with van der Waals surface area (Å²) in [4.78, 5) is 51.1. The van der Waals surface area contributed by atoms with E-state index in [1.165, 1.54) is 54.6 Å². The third-order valence-corrected chi connectivity index (χ3v) is 6.19. The van der Waals surface area contributed by atoms with Gasteiger partial charge in [-0.15, -0.1) is 0 Å². The van der Waals surface area contributed by atoms with E-state index < -0.39 is 64.2 Å². The van der Waals surface area contributed by atoms with Gasteiger partial charge < -0.3 is 33.4 Å². The second-order valence-electron chi connectivity index (χ2n) is 12.7. The summed E-state index contributed by atoms with van der Waals surface area (Å²) in [5, 5.41) is 2.17. The van der Waals surface area contributed by atoms with Crippen LogP contribution in [0, 0.1) is 0 Å². The number of amides is 1. The molecule has 49 heavy (non-hydrogen) atoms. The van der Waals surface area contributed by atoms with Crippen molar-refractivity contribution in [3.63, 3.8) is 0 Å². The first-order valence-corrected chi connectivity index (χ1v) is 14.9. The zero-order valence-corrected chi connectivity index (χ0v) is 27.4. The van der Waals surface area contributed by atoms with Gasteiger partial charge in [-0.05, 0) is 83.5 Å². The standard InChI is InChI=1S/C35H34F3NO10/c1-33(2,3)48-31(42)39-25(18-20-12-14-22(15-13-20)46-32(43)49-34(4,5)6)30(41)45-23-16-17-24-26(19-23)47-29(35(36,37)38)28(27(24)40)44-21-10-8-7-9-11-21/h7-17,19,25H,18H2,1-6H3,(H,39,42)/t25-/m1/s1.